The average Bonchev–Trinajstić information content (AvgIpc) is 2.54. The topological polar surface area (TPSA) is 66.0 Å². The first kappa shape index (κ1) is 9.45. The van der Waals surface area contributed by atoms with Crippen LogP contribution in [0.4, 0.5) is 5.95 Å². The van der Waals surface area contributed by atoms with Crippen LogP contribution in [0.2, 0.25) is 0 Å². The third-order valence-corrected chi connectivity index (χ3v) is 3.23. The van der Waals surface area contributed by atoms with E-state index in [-0.39, 0.29) is 0 Å². The summed E-state index contributed by atoms with van der Waals surface area (Å²) >= 11 is 0. The molecule has 0 spiro atoms. The molecule has 0 atom stereocenters. The summed E-state index contributed by atoms with van der Waals surface area (Å²) in [4.78, 5) is 8.69. The molecule has 3 rings (SSSR count). The number of nitrogen functional groups attached to an aromatic ring is 1. The van der Waals surface area contributed by atoms with Crippen LogP contribution in [0.15, 0.2) is 12.3 Å². The monoisotopic (exact) mass is 218 g/mol. The number of hydrogen-bond donors (Lipinski definition) is 1. The van der Waals surface area contributed by atoms with Crippen LogP contribution in [0.5, 0.6) is 5.75 Å². The molecule has 2 aromatic heterocycles. The Hall–Kier alpha value is -1.78. The zero-order valence-corrected chi connectivity index (χ0v) is 9.18. The van der Waals surface area contributed by atoms with Gasteiger partial charge in [0.15, 0.2) is 11.2 Å². The Balaban J connectivity index is 2.24. The van der Waals surface area contributed by atoms with Crippen molar-refractivity contribution >= 4 is 17.1 Å². The van der Waals surface area contributed by atoms with E-state index < -0.39 is 0 Å². The Bertz CT molecular complexity index is 530. The highest BCUT2D eigenvalue weighted by molar-refractivity contribution is 5.80. The van der Waals surface area contributed by atoms with Crippen LogP contribution < -0.4 is 10.5 Å². The van der Waals surface area contributed by atoms with Crippen molar-refractivity contribution in [3.8, 4) is 5.75 Å². The van der Waals surface area contributed by atoms with Crippen molar-refractivity contribution in [3.63, 3.8) is 0 Å². The Morgan fingerprint density at radius 2 is 2.31 bits per heavy atom. The van der Waals surface area contributed by atoms with E-state index in [4.69, 9.17) is 10.5 Å². The fourth-order valence-electron chi connectivity index (χ4n) is 2.15. The number of anilines is 1. The van der Waals surface area contributed by atoms with Gasteiger partial charge in [-0.3, -0.25) is 4.57 Å². The molecule has 0 bridgehead atoms. The standard InChI is InChI=1S/C11H14N4O/c1-16-8-5-6-13-10-9(8)14-11(12)15(10)7-3-2-4-7/h5-7H,2-4H2,1H3,(H2,12,14). The van der Waals surface area contributed by atoms with E-state index in [1.807, 2.05) is 4.57 Å². The molecule has 0 amide bonds. The lowest BCUT2D eigenvalue weighted by atomic mass is 9.93. The van der Waals surface area contributed by atoms with E-state index in [1.165, 1.54) is 6.42 Å². The molecule has 0 radical (unpaired) electrons. The highest BCUT2D eigenvalue weighted by atomic mass is 16.5. The zero-order valence-electron chi connectivity index (χ0n) is 9.18. The molecule has 2 aromatic rings. The van der Waals surface area contributed by atoms with E-state index in [9.17, 15) is 0 Å². The van der Waals surface area contributed by atoms with Gasteiger partial charge >= 0.3 is 0 Å². The molecular formula is C11H14N4O. The first-order valence-corrected chi connectivity index (χ1v) is 5.47. The number of hydrogen-bond acceptors (Lipinski definition) is 4. The van der Waals surface area contributed by atoms with Gasteiger partial charge in [-0.2, -0.15) is 0 Å². The van der Waals surface area contributed by atoms with Crippen LogP contribution in [0.1, 0.15) is 25.3 Å². The van der Waals surface area contributed by atoms with E-state index in [0.29, 0.717) is 12.0 Å². The SMILES string of the molecule is COc1ccnc2c1nc(N)n2C1CCC1. The van der Waals surface area contributed by atoms with Crippen LogP contribution in [0.3, 0.4) is 0 Å². The van der Waals surface area contributed by atoms with Crippen molar-refractivity contribution < 1.29 is 4.74 Å². The fourth-order valence-corrected chi connectivity index (χ4v) is 2.15. The summed E-state index contributed by atoms with van der Waals surface area (Å²) in [5.74, 6) is 1.27. The number of fused-ring (bicyclic) bond motifs is 1. The maximum Gasteiger partial charge on any atom is 0.202 e. The van der Waals surface area contributed by atoms with Crippen molar-refractivity contribution in [1.82, 2.24) is 14.5 Å². The van der Waals surface area contributed by atoms with Gasteiger partial charge in [0.2, 0.25) is 5.95 Å². The summed E-state index contributed by atoms with van der Waals surface area (Å²) in [7, 11) is 1.63. The molecule has 5 nitrogen and oxygen atoms in total. The Morgan fingerprint density at radius 1 is 1.50 bits per heavy atom. The Labute approximate surface area is 93.2 Å². The Kier molecular flexibility index (Phi) is 1.99. The predicted molar refractivity (Wildman–Crippen MR) is 61.4 cm³/mol. The number of nitrogens with two attached hydrogens (primary N) is 1. The average molecular weight is 218 g/mol. The van der Waals surface area contributed by atoms with E-state index >= 15 is 0 Å². The second-order valence-corrected chi connectivity index (χ2v) is 4.11. The van der Waals surface area contributed by atoms with E-state index in [1.54, 1.807) is 19.4 Å². The second kappa shape index (κ2) is 3.37. The van der Waals surface area contributed by atoms with Crippen molar-refractivity contribution in [2.45, 2.75) is 25.3 Å². The highest BCUT2D eigenvalue weighted by Gasteiger charge is 2.25. The van der Waals surface area contributed by atoms with Crippen molar-refractivity contribution in [2.75, 3.05) is 12.8 Å². The lowest BCUT2D eigenvalue weighted by molar-refractivity contribution is 0.322. The summed E-state index contributed by atoms with van der Waals surface area (Å²) in [6.45, 7) is 0. The molecule has 1 aliphatic rings. The molecule has 0 unspecified atom stereocenters. The van der Waals surface area contributed by atoms with Gasteiger partial charge in [-0.25, -0.2) is 9.97 Å². The maximum absolute atomic E-state index is 5.94. The van der Waals surface area contributed by atoms with Crippen molar-refractivity contribution in [3.05, 3.63) is 12.3 Å². The summed E-state index contributed by atoms with van der Waals surface area (Å²) < 4.78 is 7.28. The highest BCUT2D eigenvalue weighted by Crippen LogP contribution is 2.37. The van der Waals surface area contributed by atoms with Gasteiger partial charge in [-0.15, -0.1) is 0 Å². The number of methoxy groups -OCH3 is 1. The summed E-state index contributed by atoms with van der Waals surface area (Å²) in [6, 6.07) is 2.27. The minimum absolute atomic E-state index is 0.463. The quantitative estimate of drug-likeness (QED) is 0.833. The smallest absolute Gasteiger partial charge is 0.202 e. The normalized spacial score (nSPS) is 16.3. The molecular weight excluding hydrogens is 204 g/mol. The number of aromatic nitrogens is 3. The van der Waals surface area contributed by atoms with E-state index in [0.717, 1.165) is 29.8 Å². The first-order valence-electron chi connectivity index (χ1n) is 5.47. The Morgan fingerprint density at radius 3 is 2.94 bits per heavy atom. The van der Waals surface area contributed by atoms with Crippen LogP contribution in [0, 0.1) is 0 Å². The summed E-state index contributed by atoms with van der Waals surface area (Å²) in [6.07, 6.45) is 5.31. The number of pyridine rings is 1. The number of imidazole rings is 1. The predicted octanol–water partition coefficient (Wildman–Crippen LogP) is 1.75. The second-order valence-electron chi connectivity index (χ2n) is 4.11. The third-order valence-electron chi connectivity index (χ3n) is 3.23. The summed E-state index contributed by atoms with van der Waals surface area (Å²) in [5, 5.41) is 0. The molecule has 5 heteroatoms. The van der Waals surface area contributed by atoms with Crippen LogP contribution >= 0.6 is 0 Å². The molecule has 2 heterocycles. The fraction of sp³-hybridized carbons (Fsp3) is 0.455. The summed E-state index contributed by atoms with van der Waals surface area (Å²) in [5.41, 5.74) is 7.54. The number of ether oxygens (including phenoxy) is 1. The number of rotatable bonds is 2. The van der Waals surface area contributed by atoms with Crippen LogP contribution in [-0.2, 0) is 0 Å². The molecule has 16 heavy (non-hydrogen) atoms. The van der Waals surface area contributed by atoms with Gasteiger partial charge < -0.3 is 10.5 Å². The molecule has 84 valence electrons. The van der Waals surface area contributed by atoms with Crippen molar-refractivity contribution in [2.24, 2.45) is 0 Å². The van der Waals surface area contributed by atoms with Crippen LogP contribution in [0.25, 0.3) is 11.2 Å². The third kappa shape index (κ3) is 1.17. The molecule has 0 aromatic carbocycles. The van der Waals surface area contributed by atoms with Gasteiger partial charge in [0, 0.05) is 18.3 Å². The maximum atomic E-state index is 5.94. The van der Waals surface area contributed by atoms with Gasteiger partial charge in [0.25, 0.3) is 0 Å². The molecule has 1 aliphatic carbocycles. The molecule has 1 fully saturated rings. The number of nitrogens with zero attached hydrogens (tertiary/aromatic N) is 3. The van der Waals surface area contributed by atoms with E-state index in [2.05, 4.69) is 9.97 Å². The lowest BCUT2D eigenvalue weighted by Gasteiger charge is -2.27. The molecule has 2 N–H and O–H groups in total. The minimum atomic E-state index is 0.463. The van der Waals surface area contributed by atoms with Gasteiger partial charge in [-0.05, 0) is 19.3 Å². The van der Waals surface area contributed by atoms with Gasteiger partial charge in [0.05, 0.1) is 7.11 Å². The lowest BCUT2D eigenvalue weighted by Crippen LogP contribution is -2.18. The van der Waals surface area contributed by atoms with Crippen LogP contribution in [-0.4, -0.2) is 21.6 Å². The molecule has 0 aliphatic heterocycles. The first-order chi connectivity index (χ1) is 7.81. The largest absolute Gasteiger partial charge is 0.494 e. The molecule has 1 saturated carbocycles. The van der Waals surface area contributed by atoms with Crippen molar-refractivity contribution in [1.29, 1.82) is 0 Å². The van der Waals surface area contributed by atoms with Gasteiger partial charge in [-0.1, -0.05) is 0 Å². The van der Waals surface area contributed by atoms with Gasteiger partial charge in [0.1, 0.15) is 5.75 Å². The minimum Gasteiger partial charge on any atom is -0.494 e. The molecule has 0 saturated heterocycles. The zero-order chi connectivity index (χ0) is 11.1.